The minimum Gasteiger partial charge on any atom is -0.508 e. The minimum absolute atomic E-state index is 0. The Morgan fingerprint density at radius 1 is 1.33 bits per heavy atom. The molecule has 0 fully saturated rings. The smallest absolute Gasteiger partial charge is 0.119 e. The lowest BCUT2D eigenvalue weighted by Crippen LogP contribution is -2.23. The molecule has 0 aliphatic carbocycles. The van der Waals surface area contributed by atoms with E-state index < -0.39 is 0 Å². The second kappa shape index (κ2) is 3.92. The van der Waals surface area contributed by atoms with Crippen molar-refractivity contribution in [3.8, 4) is 5.75 Å². The Morgan fingerprint density at radius 2 is 2.17 bits per heavy atom. The maximum atomic E-state index is 9.43. The highest BCUT2D eigenvalue weighted by atomic mass is 79.9. The Morgan fingerprint density at radius 3 is 2.92 bits per heavy atom. The van der Waals surface area contributed by atoms with Gasteiger partial charge in [0.15, 0.2) is 0 Å². The van der Waals surface area contributed by atoms with Crippen LogP contribution in [-0.4, -0.2) is 11.7 Å². The lowest BCUT2D eigenvalue weighted by atomic mass is 10.0. The van der Waals surface area contributed by atoms with E-state index in [2.05, 4.69) is 11.4 Å². The van der Waals surface area contributed by atoms with Gasteiger partial charge in [-0.05, 0) is 30.2 Å². The van der Waals surface area contributed by atoms with Crippen molar-refractivity contribution in [3.05, 3.63) is 29.3 Å². The quantitative estimate of drug-likeness (QED) is 0.709. The third-order valence-electron chi connectivity index (χ3n) is 2.12. The highest BCUT2D eigenvalue weighted by Gasteiger charge is 2.10. The van der Waals surface area contributed by atoms with Gasteiger partial charge >= 0.3 is 0 Å². The van der Waals surface area contributed by atoms with Gasteiger partial charge < -0.3 is 10.4 Å². The molecule has 66 valence electrons. The fraction of sp³-hybridized carbons (Fsp3) is 0.333. The number of rotatable bonds is 0. The number of aromatic hydroxyl groups is 1. The van der Waals surface area contributed by atoms with Gasteiger partial charge in [0.1, 0.15) is 5.75 Å². The molecule has 0 aromatic heterocycles. The number of hydrogen-bond acceptors (Lipinski definition) is 2. The Bertz CT molecular complexity index is 275. The Hall–Kier alpha value is -0.540. The van der Waals surface area contributed by atoms with E-state index in [-0.39, 0.29) is 17.0 Å². The van der Waals surface area contributed by atoms with Crippen molar-refractivity contribution >= 4 is 17.0 Å². The first-order chi connectivity index (χ1) is 5.38. The van der Waals surface area contributed by atoms with E-state index >= 15 is 0 Å². The monoisotopic (exact) mass is 229 g/mol. The standard InChI is InChI=1S/C9H11NO.BrH/c11-9-3-1-2-7-6-10-5-4-8(7)9;/h1-3,10-11H,4-6H2;1H. The Balaban J connectivity index is 0.000000720. The van der Waals surface area contributed by atoms with Crippen molar-refractivity contribution in [2.24, 2.45) is 0 Å². The van der Waals surface area contributed by atoms with Crippen LogP contribution < -0.4 is 5.32 Å². The molecule has 2 nitrogen and oxygen atoms in total. The molecule has 2 N–H and O–H groups in total. The predicted octanol–water partition coefficient (Wildman–Crippen LogP) is 1.62. The molecule has 1 aliphatic heterocycles. The average molecular weight is 230 g/mol. The summed E-state index contributed by atoms with van der Waals surface area (Å²) < 4.78 is 0. The van der Waals surface area contributed by atoms with Crippen LogP contribution >= 0.6 is 17.0 Å². The molecular formula is C9H12BrNO. The fourth-order valence-electron chi connectivity index (χ4n) is 1.51. The molecule has 0 radical (unpaired) electrons. The number of benzene rings is 1. The van der Waals surface area contributed by atoms with E-state index in [4.69, 9.17) is 0 Å². The molecule has 0 saturated heterocycles. The summed E-state index contributed by atoms with van der Waals surface area (Å²) >= 11 is 0. The zero-order valence-corrected chi connectivity index (χ0v) is 8.42. The van der Waals surface area contributed by atoms with Crippen molar-refractivity contribution in [1.82, 2.24) is 5.32 Å². The molecule has 0 saturated carbocycles. The molecule has 1 aliphatic rings. The molecule has 0 bridgehead atoms. The molecular weight excluding hydrogens is 218 g/mol. The van der Waals surface area contributed by atoms with Crippen molar-refractivity contribution in [2.45, 2.75) is 13.0 Å². The normalized spacial score (nSPS) is 14.7. The summed E-state index contributed by atoms with van der Waals surface area (Å²) in [6.45, 7) is 1.87. The summed E-state index contributed by atoms with van der Waals surface area (Å²) in [5.41, 5.74) is 2.35. The number of fused-ring (bicyclic) bond motifs is 1. The summed E-state index contributed by atoms with van der Waals surface area (Å²) in [6, 6.07) is 5.70. The molecule has 0 spiro atoms. The lowest BCUT2D eigenvalue weighted by molar-refractivity contribution is 0.461. The van der Waals surface area contributed by atoms with Crippen molar-refractivity contribution in [1.29, 1.82) is 0 Å². The first-order valence-corrected chi connectivity index (χ1v) is 3.88. The second-order valence-corrected chi connectivity index (χ2v) is 2.84. The van der Waals surface area contributed by atoms with E-state index in [9.17, 15) is 5.11 Å². The molecule has 0 amide bonds. The molecule has 2 rings (SSSR count). The Labute approximate surface area is 82.4 Å². The van der Waals surface area contributed by atoms with Crippen LogP contribution in [0.3, 0.4) is 0 Å². The largest absolute Gasteiger partial charge is 0.508 e. The van der Waals surface area contributed by atoms with Gasteiger partial charge in [0.25, 0.3) is 0 Å². The van der Waals surface area contributed by atoms with Crippen LogP contribution in [0, 0.1) is 0 Å². The zero-order chi connectivity index (χ0) is 7.68. The summed E-state index contributed by atoms with van der Waals surface area (Å²) in [5.74, 6) is 0.448. The number of halogens is 1. The predicted molar refractivity (Wildman–Crippen MR) is 53.8 cm³/mol. The first kappa shape index (κ1) is 9.55. The number of phenolic OH excluding ortho intramolecular Hbond substituents is 1. The molecule has 1 aromatic rings. The summed E-state index contributed by atoms with van der Waals surface area (Å²) in [5, 5.41) is 12.7. The van der Waals surface area contributed by atoms with Gasteiger partial charge in [0.2, 0.25) is 0 Å². The van der Waals surface area contributed by atoms with Crippen LogP contribution in [0.5, 0.6) is 5.75 Å². The summed E-state index contributed by atoms with van der Waals surface area (Å²) in [7, 11) is 0. The van der Waals surface area contributed by atoms with Crippen LogP contribution in [0.15, 0.2) is 18.2 Å². The minimum atomic E-state index is 0. The number of phenols is 1. The third kappa shape index (κ3) is 1.62. The number of hydrogen-bond donors (Lipinski definition) is 2. The van der Waals surface area contributed by atoms with Gasteiger partial charge in [0.05, 0.1) is 0 Å². The molecule has 0 unspecified atom stereocenters. The van der Waals surface area contributed by atoms with Gasteiger partial charge in [-0.3, -0.25) is 0 Å². The van der Waals surface area contributed by atoms with E-state index in [1.807, 2.05) is 6.07 Å². The topological polar surface area (TPSA) is 32.3 Å². The molecule has 12 heavy (non-hydrogen) atoms. The van der Waals surface area contributed by atoms with E-state index in [0.717, 1.165) is 25.1 Å². The Kier molecular flexibility index (Phi) is 3.12. The fourth-order valence-corrected chi connectivity index (χ4v) is 1.51. The molecule has 3 heteroatoms. The SMILES string of the molecule is Br.Oc1cccc2c1CCNC2. The highest BCUT2D eigenvalue weighted by Crippen LogP contribution is 2.23. The first-order valence-electron chi connectivity index (χ1n) is 3.88. The van der Waals surface area contributed by atoms with Gasteiger partial charge in [-0.15, -0.1) is 17.0 Å². The van der Waals surface area contributed by atoms with Gasteiger partial charge in [0, 0.05) is 6.54 Å². The average Bonchev–Trinajstić information content (AvgIpc) is 2.06. The van der Waals surface area contributed by atoms with Crippen molar-refractivity contribution in [3.63, 3.8) is 0 Å². The maximum Gasteiger partial charge on any atom is 0.119 e. The van der Waals surface area contributed by atoms with Crippen molar-refractivity contribution in [2.75, 3.05) is 6.54 Å². The van der Waals surface area contributed by atoms with Crippen LogP contribution in [0.2, 0.25) is 0 Å². The van der Waals surface area contributed by atoms with Gasteiger partial charge in [-0.2, -0.15) is 0 Å². The van der Waals surface area contributed by atoms with Gasteiger partial charge in [-0.25, -0.2) is 0 Å². The van der Waals surface area contributed by atoms with E-state index in [1.165, 1.54) is 5.56 Å². The summed E-state index contributed by atoms with van der Waals surface area (Å²) in [4.78, 5) is 0. The summed E-state index contributed by atoms with van der Waals surface area (Å²) in [6.07, 6.45) is 0.946. The molecule has 1 heterocycles. The van der Waals surface area contributed by atoms with Crippen LogP contribution in [0.4, 0.5) is 0 Å². The number of nitrogens with one attached hydrogen (secondary N) is 1. The second-order valence-electron chi connectivity index (χ2n) is 2.84. The van der Waals surface area contributed by atoms with Crippen molar-refractivity contribution < 1.29 is 5.11 Å². The van der Waals surface area contributed by atoms with Crippen LogP contribution in [0.25, 0.3) is 0 Å². The zero-order valence-electron chi connectivity index (χ0n) is 6.71. The van der Waals surface area contributed by atoms with Gasteiger partial charge in [-0.1, -0.05) is 12.1 Å². The lowest BCUT2D eigenvalue weighted by Gasteiger charge is -2.17. The van der Waals surface area contributed by atoms with Crippen LogP contribution in [0.1, 0.15) is 11.1 Å². The third-order valence-corrected chi connectivity index (χ3v) is 2.12. The van der Waals surface area contributed by atoms with E-state index in [0.29, 0.717) is 5.75 Å². The van der Waals surface area contributed by atoms with Crippen LogP contribution in [-0.2, 0) is 13.0 Å². The van der Waals surface area contributed by atoms with E-state index in [1.54, 1.807) is 6.07 Å². The molecule has 1 aromatic carbocycles. The maximum absolute atomic E-state index is 9.43. The molecule has 0 atom stereocenters. The highest BCUT2D eigenvalue weighted by molar-refractivity contribution is 8.93.